The second-order valence-corrected chi connectivity index (χ2v) is 9.23. The molecule has 1 heterocycles. The number of fused-ring (bicyclic) bond motifs is 1. The van der Waals surface area contributed by atoms with Crippen molar-refractivity contribution in [3.8, 4) is 0 Å². The van der Waals surface area contributed by atoms with Crippen molar-refractivity contribution in [3.05, 3.63) is 24.3 Å². The molecule has 24 heavy (non-hydrogen) atoms. The van der Waals surface area contributed by atoms with Crippen molar-refractivity contribution in [2.45, 2.75) is 57.3 Å². The summed E-state index contributed by atoms with van der Waals surface area (Å²) in [6, 6.07) is 0. The van der Waals surface area contributed by atoms with Crippen molar-refractivity contribution in [1.29, 1.82) is 0 Å². The molecule has 9 atom stereocenters. The third kappa shape index (κ3) is 1.14. The van der Waals surface area contributed by atoms with E-state index in [1.54, 1.807) is 6.08 Å². The molecule has 0 aromatic heterocycles. The quantitative estimate of drug-likeness (QED) is 0.528. The first-order chi connectivity index (χ1) is 11.2. The number of carbonyl (C=O) groups is 1. The van der Waals surface area contributed by atoms with E-state index in [1.165, 1.54) is 0 Å². The lowest BCUT2D eigenvalue weighted by Gasteiger charge is -2.49. The highest BCUT2D eigenvalue weighted by atomic mass is 16.6. The van der Waals surface area contributed by atoms with E-state index in [-0.39, 0.29) is 35.1 Å². The summed E-state index contributed by atoms with van der Waals surface area (Å²) >= 11 is 0. The van der Waals surface area contributed by atoms with E-state index >= 15 is 0 Å². The summed E-state index contributed by atoms with van der Waals surface area (Å²) in [5.74, 6) is 0.157. The lowest BCUT2D eigenvalue weighted by atomic mass is 9.57. The van der Waals surface area contributed by atoms with Gasteiger partial charge in [0.2, 0.25) is 0 Å². The monoisotopic (exact) mass is 330 g/mol. The number of aliphatic hydroxyl groups is 2. The second kappa shape index (κ2) is 3.83. The summed E-state index contributed by atoms with van der Waals surface area (Å²) in [4.78, 5) is 12.7. The minimum Gasteiger partial charge on any atom is -0.454 e. The van der Waals surface area contributed by atoms with Crippen LogP contribution in [-0.2, 0) is 9.53 Å². The van der Waals surface area contributed by atoms with E-state index < -0.39 is 22.7 Å². The summed E-state index contributed by atoms with van der Waals surface area (Å²) < 4.78 is 6.07. The molecular weight excluding hydrogens is 304 g/mol. The lowest BCUT2D eigenvalue weighted by Crippen LogP contribution is -2.51. The molecule has 4 fully saturated rings. The van der Waals surface area contributed by atoms with Crippen LogP contribution in [-0.4, -0.2) is 33.5 Å². The van der Waals surface area contributed by atoms with Crippen LogP contribution in [0.3, 0.4) is 0 Å². The Labute approximate surface area is 142 Å². The molecule has 0 radical (unpaired) electrons. The number of carbonyl (C=O) groups excluding carboxylic acids is 1. The van der Waals surface area contributed by atoms with Crippen LogP contribution in [0.1, 0.15) is 40.0 Å². The Bertz CT molecular complexity index is 712. The van der Waals surface area contributed by atoms with Gasteiger partial charge >= 0.3 is 5.97 Å². The van der Waals surface area contributed by atoms with E-state index in [9.17, 15) is 15.0 Å². The Hall–Kier alpha value is -1.13. The van der Waals surface area contributed by atoms with Crippen molar-refractivity contribution in [3.63, 3.8) is 0 Å². The average Bonchev–Trinajstić information content (AvgIpc) is 2.88. The Morgan fingerprint density at radius 1 is 1.38 bits per heavy atom. The van der Waals surface area contributed by atoms with Gasteiger partial charge < -0.3 is 14.9 Å². The fourth-order valence-electron chi connectivity index (χ4n) is 7.83. The Morgan fingerprint density at radius 3 is 2.79 bits per heavy atom. The van der Waals surface area contributed by atoms with Crippen LogP contribution in [0, 0.1) is 34.5 Å². The Kier molecular flexibility index (Phi) is 2.42. The highest BCUT2D eigenvalue weighted by Crippen LogP contribution is 2.78. The molecule has 5 aliphatic rings. The standard InChI is InChI=1S/C20H26O4/c1-10-9-18-11(2)15-17(4)14(21)6-8-20(15,24-16(17)22)13(18)5-7-19(10,23)12(18)3/h6,8,11-15,21,23H,1,5,7,9H2,2-4H3/t11-,12?,13+,14-,15?,17+,18-,19?,20+/m0/s1. The summed E-state index contributed by atoms with van der Waals surface area (Å²) in [6.45, 7) is 10.4. The average molecular weight is 330 g/mol. The molecule has 0 aromatic carbocycles. The first kappa shape index (κ1) is 15.2. The molecular formula is C20H26O4. The van der Waals surface area contributed by atoms with Crippen molar-refractivity contribution in [2.75, 3.05) is 0 Å². The molecule has 5 rings (SSSR count). The van der Waals surface area contributed by atoms with Gasteiger partial charge in [0.25, 0.3) is 0 Å². The fourth-order valence-corrected chi connectivity index (χ4v) is 7.83. The molecule has 0 amide bonds. The fraction of sp³-hybridized carbons (Fsp3) is 0.750. The highest BCUT2D eigenvalue weighted by Gasteiger charge is 2.82. The molecule has 1 saturated heterocycles. The molecule has 3 saturated carbocycles. The van der Waals surface area contributed by atoms with Gasteiger partial charge in [-0.15, -0.1) is 0 Å². The van der Waals surface area contributed by atoms with Crippen LogP contribution in [0.5, 0.6) is 0 Å². The normalized spacial score (nSPS) is 63.3. The molecule has 130 valence electrons. The molecule has 1 spiro atoms. The molecule has 4 nitrogen and oxygen atoms in total. The van der Waals surface area contributed by atoms with Gasteiger partial charge in [0.1, 0.15) is 11.0 Å². The molecule has 1 aliphatic heterocycles. The van der Waals surface area contributed by atoms with Crippen LogP contribution >= 0.6 is 0 Å². The highest BCUT2D eigenvalue weighted by molar-refractivity contribution is 5.83. The van der Waals surface area contributed by atoms with Crippen LogP contribution in [0.4, 0.5) is 0 Å². The summed E-state index contributed by atoms with van der Waals surface area (Å²) in [7, 11) is 0. The van der Waals surface area contributed by atoms with E-state index in [1.807, 2.05) is 13.0 Å². The summed E-state index contributed by atoms with van der Waals surface area (Å²) in [5.41, 5.74) is -1.46. The van der Waals surface area contributed by atoms with E-state index in [2.05, 4.69) is 20.4 Å². The van der Waals surface area contributed by atoms with Crippen LogP contribution in [0.2, 0.25) is 0 Å². The van der Waals surface area contributed by atoms with E-state index in [0.29, 0.717) is 6.42 Å². The zero-order valence-electron chi connectivity index (χ0n) is 14.6. The molecule has 2 N–H and O–H groups in total. The Morgan fingerprint density at radius 2 is 2.08 bits per heavy atom. The third-order valence-corrected chi connectivity index (χ3v) is 9.00. The molecule has 0 aromatic rings. The van der Waals surface area contributed by atoms with Crippen LogP contribution < -0.4 is 0 Å². The van der Waals surface area contributed by atoms with Gasteiger partial charge in [-0.2, -0.15) is 0 Å². The first-order valence-electron chi connectivity index (χ1n) is 9.17. The predicted molar refractivity (Wildman–Crippen MR) is 87.8 cm³/mol. The van der Waals surface area contributed by atoms with Gasteiger partial charge in [-0.3, -0.25) is 4.79 Å². The number of rotatable bonds is 0. The smallest absolute Gasteiger partial charge is 0.316 e. The zero-order valence-corrected chi connectivity index (χ0v) is 14.6. The van der Waals surface area contributed by atoms with Crippen molar-refractivity contribution in [2.24, 2.45) is 34.5 Å². The van der Waals surface area contributed by atoms with E-state index in [4.69, 9.17) is 4.74 Å². The number of esters is 1. The largest absolute Gasteiger partial charge is 0.454 e. The third-order valence-electron chi connectivity index (χ3n) is 9.00. The summed E-state index contributed by atoms with van der Waals surface area (Å²) in [6.07, 6.45) is 5.26. The zero-order chi connectivity index (χ0) is 17.3. The van der Waals surface area contributed by atoms with E-state index in [0.717, 1.165) is 18.4 Å². The minimum atomic E-state index is -0.887. The Balaban J connectivity index is 1.76. The van der Waals surface area contributed by atoms with Gasteiger partial charge in [0.15, 0.2) is 0 Å². The van der Waals surface area contributed by atoms with Crippen molar-refractivity contribution >= 4 is 5.97 Å². The molecule has 4 aliphatic carbocycles. The van der Waals surface area contributed by atoms with Crippen LogP contribution in [0.25, 0.3) is 0 Å². The van der Waals surface area contributed by atoms with Crippen molar-refractivity contribution < 1.29 is 19.7 Å². The predicted octanol–water partition coefficient (Wildman–Crippen LogP) is 2.21. The molecule has 4 bridgehead atoms. The van der Waals surface area contributed by atoms with Crippen molar-refractivity contribution in [1.82, 2.24) is 0 Å². The van der Waals surface area contributed by atoms with Crippen LogP contribution in [0.15, 0.2) is 24.3 Å². The first-order valence-corrected chi connectivity index (χ1v) is 9.17. The molecule has 3 unspecified atom stereocenters. The minimum absolute atomic E-state index is 0.0433. The number of ether oxygens (including phenoxy) is 1. The van der Waals surface area contributed by atoms with Gasteiger partial charge in [-0.1, -0.05) is 26.5 Å². The topological polar surface area (TPSA) is 66.8 Å². The van der Waals surface area contributed by atoms with Gasteiger partial charge in [0.05, 0.1) is 11.7 Å². The van der Waals surface area contributed by atoms with Gasteiger partial charge in [-0.05, 0) is 55.1 Å². The number of aliphatic hydroxyl groups excluding tert-OH is 1. The molecule has 4 heteroatoms. The second-order valence-electron chi connectivity index (χ2n) is 9.23. The maximum absolute atomic E-state index is 12.7. The van der Waals surface area contributed by atoms with Gasteiger partial charge in [-0.25, -0.2) is 0 Å². The number of hydrogen-bond donors (Lipinski definition) is 2. The SMILES string of the molecule is C=C1C[C@]23C(C)C1(O)CC[C@H]2[C@@]12C=C[C@H](O)[C@@](C)(C(=O)O1)C2[C@@H]3C. The van der Waals surface area contributed by atoms with Gasteiger partial charge in [0, 0.05) is 11.8 Å². The maximum atomic E-state index is 12.7. The lowest BCUT2D eigenvalue weighted by molar-refractivity contribution is -0.163. The summed E-state index contributed by atoms with van der Waals surface area (Å²) in [5, 5.41) is 21.8. The maximum Gasteiger partial charge on any atom is 0.316 e. The number of hydrogen-bond acceptors (Lipinski definition) is 4.